The third-order valence-electron chi connectivity index (χ3n) is 5.14. The normalized spacial score (nSPS) is 13.6. The average Bonchev–Trinajstić information content (AvgIpc) is 2.72. The van der Waals surface area contributed by atoms with Crippen molar-refractivity contribution in [2.45, 2.75) is 38.3 Å². The van der Waals surface area contributed by atoms with Gasteiger partial charge >= 0.3 is 6.18 Å². The number of hydrogen-bond acceptors (Lipinski definition) is 3. The highest BCUT2D eigenvalue weighted by atomic mass is 19.4. The van der Waals surface area contributed by atoms with Crippen molar-refractivity contribution in [3.05, 3.63) is 88.5 Å². The van der Waals surface area contributed by atoms with Crippen molar-refractivity contribution in [3.8, 4) is 0 Å². The van der Waals surface area contributed by atoms with Crippen molar-refractivity contribution in [1.29, 1.82) is 0 Å². The molecule has 1 aliphatic heterocycles. The Morgan fingerprint density at radius 3 is 2.53 bits per heavy atom. The van der Waals surface area contributed by atoms with E-state index >= 15 is 0 Å². The van der Waals surface area contributed by atoms with E-state index in [0.29, 0.717) is 31.5 Å². The van der Waals surface area contributed by atoms with Crippen LogP contribution in [0.2, 0.25) is 0 Å². The molecule has 0 bridgehead atoms. The number of carbonyl (C=O) groups is 1. The van der Waals surface area contributed by atoms with Crippen molar-refractivity contribution in [3.63, 3.8) is 0 Å². The predicted molar refractivity (Wildman–Crippen MR) is 107 cm³/mol. The molecule has 2 aromatic carbocycles. The van der Waals surface area contributed by atoms with Crippen LogP contribution in [0.4, 0.5) is 18.9 Å². The van der Waals surface area contributed by atoms with Gasteiger partial charge in [0.2, 0.25) is 5.91 Å². The highest BCUT2D eigenvalue weighted by Gasteiger charge is 2.34. The lowest BCUT2D eigenvalue weighted by atomic mass is 9.99. The standard InChI is InChI=1S/C23H20F3N3O/c24-23(25,26)18-14-27-21(28-20(18)10-6-15-4-2-1-3-5-15)13-16-7-9-19-17(12-16)8-11-22(30)29-19/h1-5,7,9,12,14H,6,8,10-11,13H2,(H,29,30). The van der Waals surface area contributed by atoms with Crippen LogP contribution in [0.25, 0.3) is 0 Å². The highest BCUT2D eigenvalue weighted by Crippen LogP contribution is 2.32. The molecule has 0 atom stereocenters. The number of amides is 1. The number of aryl methyl sites for hydroxylation is 3. The van der Waals surface area contributed by atoms with E-state index < -0.39 is 11.7 Å². The molecule has 0 aliphatic carbocycles. The fraction of sp³-hybridized carbons (Fsp3) is 0.261. The van der Waals surface area contributed by atoms with Gasteiger partial charge in [-0.2, -0.15) is 13.2 Å². The molecule has 0 fully saturated rings. The molecular formula is C23H20F3N3O. The zero-order valence-corrected chi connectivity index (χ0v) is 16.2. The maximum atomic E-state index is 13.4. The number of fused-ring (bicyclic) bond motifs is 1. The number of rotatable bonds is 5. The summed E-state index contributed by atoms with van der Waals surface area (Å²) in [6, 6.07) is 15.0. The summed E-state index contributed by atoms with van der Waals surface area (Å²) >= 11 is 0. The summed E-state index contributed by atoms with van der Waals surface area (Å²) in [6.45, 7) is 0. The average molecular weight is 411 g/mol. The number of anilines is 1. The Kier molecular flexibility index (Phi) is 5.53. The molecule has 0 saturated heterocycles. The molecule has 1 N–H and O–H groups in total. The molecular weight excluding hydrogens is 391 g/mol. The van der Waals surface area contributed by atoms with Crippen LogP contribution in [0, 0.1) is 0 Å². The minimum atomic E-state index is -4.49. The molecule has 2 heterocycles. The van der Waals surface area contributed by atoms with Gasteiger partial charge < -0.3 is 5.32 Å². The van der Waals surface area contributed by atoms with Gasteiger partial charge in [-0.3, -0.25) is 4.79 Å². The Bertz CT molecular complexity index is 1070. The van der Waals surface area contributed by atoms with E-state index in [9.17, 15) is 18.0 Å². The number of nitrogens with one attached hydrogen (secondary N) is 1. The van der Waals surface area contributed by atoms with Crippen molar-refractivity contribution in [1.82, 2.24) is 9.97 Å². The Labute approximate surface area is 172 Å². The second-order valence-electron chi connectivity index (χ2n) is 7.35. The van der Waals surface area contributed by atoms with Gasteiger partial charge in [-0.1, -0.05) is 42.5 Å². The molecule has 1 aliphatic rings. The van der Waals surface area contributed by atoms with Gasteiger partial charge in [-0.15, -0.1) is 0 Å². The Hall–Kier alpha value is -3.22. The number of halogens is 3. The Balaban J connectivity index is 1.57. The van der Waals surface area contributed by atoms with Crippen molar-refractivity contribution in [2.24, 2.45) is 0 Å². The number of aromatic nitrogens is 2. The third kappa shape index (κ3) is 4.67. The van der Waals surface area contributed by atoms with Crippen LogP contribution in [0.1, 0.15) is 40.2 Å². The summed E-state index contributed by atoms with van der Waals surface area (Å²) in [5, 5.41) is 2.82. The molecule has 4 nitrogen and oxygen atoms in total. The van der Waals surface area contributed by atoms with Gasteiger partial charge in [0.15, 0.2) is 0 Å². The van der Waals surface area contributed by atoms with Crippen molar-refractivity contribution in [2.75, 3.05) is 5.32 Å². The number of carbonyl (C=O) groups excluding carboxylic acids is 1. The maximum Gasteiger partial charge on any atom is 0.419 e. The summed E-state index contributed by atoms with van der Waals surface area (Å²) in [4.78, 5) is 19.7. The van der Waals surface area contributed by atoms with E-state index in [1.165, 1.54) is 0 Å². The molecule has 7 heteroatoms. The first-order chi connectivity index (χ1) is 14.4. The van der Waals surface area contributed by atoms with E-state index in [1.54, 1.807) is 0 Å². The molecule has 0 saturated carbocycles. The zero-order valence-electron chi connectivity index (χ0n) is 16.2. The van der Waals surface area contributed by atoms with Gasteiger partial charge in [-0.05, 0) is 42.0 Å². The van der Waals surface area contributed by atoms with Crippen LogP contribution in [-0.4, -0.2) is 15.9 Å². The molecule has 3 aromatic rings. The van der Waals surface area contributed by atoms with E-state index in [0.717, 1.165) is 28.6 Å². The van der Waals surface area contributed by atoms with E-state index in [4.69, 9.17) is 0 Å². The van der Waals surface area contributed by atoms with Crippen molar-refractivity contribution >= 4 is 11.6 Å². The second-order valence-corrected chi connectivity index (χ2v) is 7.35. The lowest BCUT2D eigenvalue weighted by molar-refractivity contribution is -0.138. The SMILES string of the molecule is O=C1CCc2cc(Cc3ncc(C(F)(F)F)c(CCc4ccccc4)n3)ccc2N1. The topological polar surface area (TPSA) is 54.9 Å². The monoisotopic (exact) mass is 411 g/mol. The van der Waals surface area contributed by atoms with E-state index in [2.05, 4.69) is 15.3 Å². The fourth-order valence-corrected chi connectivity index (χ4v) is 3.61. The van der Waals surface area contributed by atoms with Gasteiger partial charge in [0.05, 0.1) is 11.3 Å². The second kappa shape index (κ2) is 8.26. The van der Waals surface area contributed by atoms with Crippen LogP contribution in [0.5, 0.6) is 0 Å². The molecule has 4 rings (SSSR count). The number of alkyl halides is 3. The first-order valence-electron chi connectivity index (χ1n) is 9.76. The Morgan fingerprint density at radius 2 is 1.77 bits per heavy atom. The Morgan fingerprint density at radius 1 is 0.967 bits per heavy atom. The molecule has 30 heavy (non-hydrogen) atoms. The van der Waals surface area contributed by atoms with Gasteiger partial charge in [0, 0.05) is 24.7 Å². The molecule has 154 valence electrons. The summed E-state index contributed by atoms with van der Waals surface area (Å²) in [5.74, 6) is 0.343. The smallest absolute Gasteiger partial charge is 0.326 e. The fourth-order valence-electron chi connectivity index (χ4n) is 3.61. The maximum absolute atomic E-state index is 13.4. The van der Waals surface area contributed by atoms with Gasteiger partial charge in [0.1, 0.15) is 5.82 Å². The van der Waals surface area contributed by atoms with Crippen molar-refractivity contribution < 1.29 is 18.0 Å². The van der Waals surface area contributed by atoms with Crippen LogP contribution < -0.4 is 5.32 Å². The summed E-state index contributed by atoms with van der Waals surface area (Å²) in [5.41, 5.74) is 2.90. The molecule has 0 unspecified atom stereocenters. The summed E-state index contributed by atoms with van der Waals surface area (Å²) < 4.78 is 40.3. The summed E-state index contributed by atoms with van der Waals surface area (Å²) in [6.07, 6.45) is -1.54. The number of benzene rings is 2. The van der Waals surface area contributed by atoms with Crippen LogP contribution in [0.3, 0.4) is 0 Å². The first-order valence-corrected chi connectivity index (χ1v) is 9.76. The highest BCUT2D eigenvalue weighted by molar-refractivity contribution is 5.93. The molecule has 1 amide bonds. The van der Waals surface area contributed by atoms with Gasteiger partial charge in [0.25, 0.3) is 0 Å². The number of nitrogens with zero attached hydrogens (tertiary/aromatic N) is 2. The van der Waals surface area contributed by atoms with Crippen LogP contribution in [-0.2, 0) is 36.7 Å². The zero-order chi connectivity index (χ0) is 21.1. The molecule has 0 radical (unpaired) electrons. The quantitative estimate of drug-likeness (QED) is 0.659. The summed E-state index contributed by atoms with van der Waals surface area (Å²) in [7, 11) is 0. The van der Waals surface area contributed by atoms with Crippen LogP contribution >= 0.6 is 0 Å². The molecule has 0 spiro atoms. The largest absolute Gasteiger partial charge is 0.419 e. The predicted octanol–water partition coefficient (Wildman–Crippen LogP) is 4.76. The lowest BCUT2D eigenvalue weighted by Crippen LogP contribution is -2.19. The van der Waals surface area contributed by atoms with E-state index in [1.807, 2.05) is 48.5 Å². The lowest BCUT2D eigenvalue weighted by Gasteiger charge is -2.17. The minimum absolute atomic E-state index is 0.00983. The number of hydrogen-bond donors (Lipinski definition) is 1. The van der Waals surface area contributed by atoms with Crippen LogP contribution in [0.15, 0.2) is 54.7 Å². The minimum Gasteiger partial charge on any atom is -0.326 e. The molecule has 1 aromatic heterocycles. The first kappa shape index (κ1) is 20.1. The van der Waals surface area contributed by atoms with Gasteiger partial charge in [-0.25, -0.2) is 9.97 Å². The van der Waals surface area contributed by atoms with E-state index in [-0.39, 0.29) is 18.0 Å². The third-order valence-corrected chi connectivity index (χ3v) is 5.14.